The van der Waals surface area contributed by atoms with Crippen LogP contribution in [0.1, 0.15) is 19.3 Å². The predicted molar refractivity (Wildman–Crippen MR) is 60.5 cm³/mol. The van der Waals surface area contributed by atoms with Crippen LogP contribution in [0.25, 0.3) is 0 Å². The molecule has 0 saturated heterocycles. The lowest BCUT2D eigenvalue weighted by Crippen LogP contribution is -1.61. The fourth-order valence-electron chi connectivity index (χ4n) is 0.663. The van der Waals surface area contributed by atoms with Gasteiger partial charge in [0.15, 0.2) is 0 Å². The third kappa shape index (κ3) is 6.51. The molecule has 1 rings (SSSR count). The Bertz CT molecular complexity index is 435. The first-order valence-corrected chi connectivity index (χ1v) is 4.37. The molecule has 0 unspecified atom stereocenters. The summed E-state index contributed by atoms with van der Waals surface area (Å²) in [6, 6.07) is 0. The highest BCUT2D eigenvalue weighted by Crippen LogP contribution is 1.74. The first-order valence-electron chi connectivity index (χ1n) is 4.37. The standard InChI is InChI=1S/C15H6/c1-2-4-6-8-10-12-14-15-13-11-9-7-5-3-1/h1,10-11H2. The molecule has 0 atom stereocenters. The van der Waals surface area contributed by atoms with Crippen LogP contribution in [0.5, 0.6) is 0 Å². The molecule has 0 heterocycles. The number of rotatable bonds is 0. The van der Waals surface area contributed by atoms with Crippen LogP contribution in [-0.4, -0.2) is 0 Å². The minimum atomic E-state index is 0.501. The summed E-state index contributed by atoms with van der Waals surface area (Å²) in [5, 5.41) is 0. The third-order valence-electron chi connectivity index (χ3n) is 1.25. The second kappa shape index (κ2) is 7.98. The van der Waals surface area contributed by atoms with Crippen LogP contribution in [0.3, 0.4) is 0 Å². The van der Waals surface area contributed by atoms with Gasteiger partial charge in [0, 0.05) is 0 Å². The zero-order valence-electron chi connectivity index (χ0n) is 8.12. The molecule has 0 aromatic rings. The molecular weight excluding hydrogens is 180 g/mol. The lowest BCUT2D eigenvalue weighted by Gasteiger charge is -1.66. The van der Waals surface area contributed by atoms with E-state index < -0.39 is 0 Å². The molecule has 0 heteroatoms. The largest absolute Gasteiger partial charge is 0.0760 e. The monoisotopic (exact) mass is 186 g/mol. The second-order valence-electron chi connectivity index (χ2n) is 2.34. The maximum Gasteiger partial charge on any atom is 0.0723 e. The molecule has 66 valence electrons. The summed E-state index contributed by atoms with van der Waals surface area (Å²) in [6.45, 7) is 0. The first kappa shape index (κ1) is 10.4. The summed E-state index contributed by atoms with van der Waals surface area (Å²) < 4.78 is 0. The van der Waals surface area contributed by atoms with E-state index in [0.29, 0.717) is 19.3 Å². The maximum atomic E-state index is 2.81. The second-order valence-corrected chi connectivity index (χ2v) is 2.34. The Hall–Kier alpha value is -2.64. The highest BCUT2D eigenvalue weighted by atomic mass is 13.7. The molecule has 0 radical (unpaired) electrons. The van der Waals surface area contributed by atoms with E-state index in [2.05, 4.69) is 71.0 Å². The average molecular weight is 186 g/mol. The Kier molecular flexibility index (Phi) is 5.56. The van der Waals surface area contributed by atoms with Crippen molar-refractivity contribution in [2.24, 2.45) is 0 Å². The zero-order chi connectivity index (χ0) is 10.6. The molecule has 0 aromatic heterocycles. The minimum absolute atomic E-state index is 0.501. The molecule has 1 aliphatic carbocycles. The van der Waals surface area contributed by atoms with Gasteiger partial charge in [-0.25, -0.2) is 0 Å². The summed E-state index contributed by atoms with van der Waals surface area (Å²) in [6.07, 6.45) is 1.50. The van der Waals surface area contributed by atoms with Crippen molar-refractivity contribution in [2.45, 2.75) is 19.3 Å². The van der Waals surface area contributed by atoms with Crippen LogP contribution in [-0.2, 0) is 0 Å². The van der Waals surface area contributed by atoms with Crippen LogP contribution in [0.2, 0.25) is 0 Å². The van der Waals surface area contributed by atoms with Gasteiger partial charge in [-0.3, -0.25) is 0 Å². The van der Waals surface area contributed by atoms with Gasteiger partial charge in [0.2, 0.25) is 0 Å². The van der Waals surface area contributed by atoms with E-state index in [1.807, 2.05) is 0 Å². The average Bonchev–Trinajstić information content (AvgIpc) is 2.27. The van der Waals surface area contributed by atoms with Gasteiger partial charge in [-0.15, -0.1) is 0 Å². The van der Waals surface area contributed by atoms with Crippen molar-refractivity contribution in [2.75, 3.05) is 0 Å². The van der Waals surface area contributed by atoms with Crippen molar-refractivity contribution in [3.63, 3.8) is 0 Å². The van der Waals surface area contributed by atoms with E-state index in [4.69, 9.17) is 0 Å². The summed E-state index contributed by atoms with van der Waals surface area (Å²) in [4.78, 5) is 0. The van der Waals surface area contributed by atoms with Gasteiger partial charge < -0.3 is 0 Å². The Labute approximate surface area is 90.8 Å². The summed E-state index contributed by atoms with van der Waals surface area (Å²) >= 11 is 0. The van der Waals surface area contributed by atoms with Gasteiger partial charge in [-0.05, 0) is 35.5 Å². The molecule has 1 aliphatic rings. The Morgan fingerprint density at radius 1 is 0.333 bits per heavy atom. The van der Waals surface area contributed by atoms with Crippen molar-refractivity contribution in [3.05, 3.63) is 0 Å². The predicted octanol–water partition coefficient (Wildman–Crippen LogP) is 1.19. The molecule has 0 N–H and O–H groups in total. The molecule has 0 amide bonds. The number of hydrogen-bond donors (Lipinski definition) is 0. The lowest BCUT2D eigenvalue weighted by molar-refractivity contribution is 1.56. The normalized spacial score (nSPS) is 11.2. The van der Waals surface area contributed by atoms with Crippen molar-refractivity contribution >= 4 is 0 Å². The summed E-state index contributed by atoms with van der Waals surface area (Å²) in [7, 11) is 0. The molecular formula is C15H6. The van der Waals surface area contributed by atoms with Gasteiger partial charge in [0.1, 0.15) is 0 Å². The van der Waals surface area contributed by atoms with Gasteiger partial charge >= 0.3 is 0 Å². The smallest absolute Gasteiger partial charge is 0.0723 e. The van der Waals surface area contributed by atoms with Crippen molar-refractivity contribution in [3.8, 4) is 71.0 Å². The zero-order valence-corrected chi connectivity index (χ0v) is 8.12. The van der Waals surface area contributed by atoms with E-state index in [9.17, 15) is 0 Å². The number of hydrogen-bond acceptors (Lipinski definition) is 0. The van der Waals surface area contributed by atoms with Crippen molar-refractivity contribution in [1.82, 2.24) is 0 Å². The highest BCUT2D eigenvalue weighted by Gasteiger charge is 1.68. The molecule has 0 fully saturated rings. The first-order chi connectivity index (χ1) is 7.50. The van der Waals surface area contributed by atoms with E-state index in [1.54, 1.807) is 0 Å². The molecule has 0 saturated carbocycles. The Balaban J connectivity index is 2.75. The summed E-state index contributed by atoms with van der Waals surface area (Å²) in [5.41, 5.74) is 0. The molecule has 15 heavy (non-hydrogen) atoms. The van der Waals surface area contributed by atoms with Gasteiger partial charge in [0.05, 0.1) is 19.3 Å². The minimum Gasteiger partial charge on any atom is -0.0760 e. The fourth-order valence-corrected chi connectivity index (χ4v) is 0.663. The molecule has 0 bridgehead atoms. The Morgan fingerprint density at radius 3 is 0.733 bits per heavy atom. The van der Waals surface area contributed by atoms with Crippen molar-refractivity contribution < 1.29 is 0 Å². The van der Waals surface area contributed by atoms with Gasteiger partial charge in [0.25, 0.3) is 0 Å². The van der Waals surface area contributed by atoms with Crippen LogP contribution in [0.15, 0.2) is 0 Å². The van der Waals surface area contributed by atoms with Gasteiger partial charge in [-0.2, -0.15) is 0 Å². The SMILES string of the molecule is C1#CCC#CC#CCC#CC#CCC#C1. The quantitative estimate of drug-likeness (QED) is 0.498. The molecule has 0 spiro atoms. The van der Waals surface area contributed by atoms with Crippen LogP contribution >= 0.6 is 0 Å². The molecule has 0 aromatic carbocycles. The van der Waals surface area contributed by atoms with Crippen molar-refractivity contribution in [1.29, 1.82) is 0 Å². The Morgan fingerprint density at radius 2 is 0.533 bits per heavy atom. The van der Waals surface area contributed by atoms with E-state index in [-0.39, 0.29) is 0 Å². The van der Waals surface area contributed by atoms with Gasteiger partial charge in [-0.1, -0.05) is 35.5 Å². The molecule has 0 nitrogen and oxygen atoms in total. The van der Waals surface area contributed by atoms with Crippen LogP contribution < -0.4 is 0 Å². The lowest BCUT2D eigenvalue weighted by atomic mass is 10.4. The van der Waals surface area contributed by atoms with E-state index >= 15 is 0 Å². The van der Waals surface area contributed by atoms with E-state index in [0.717, 1.165) is 0 Å². The highest BCUT2D eigenvalue weighted by molar-refractivity contribution is 5.35. The van der Waals surface area contributed by atoms with Crippen LogP contribution in [0.4, 0.5) is 0 Å². The maximum absolute atomic E-state index is 2.81. The van der Waals surface area contributed by atoms with E-state index in [1.165, 1.54) is 0 Å². The van der Waals surface area contributed by atoms with Crippen LogP contribution in [0, 0.1) is 71.0 Å². The molecule has 0 aliphatic heterocycles. The fraction of sp³-hybridized carbons (Fsp3) is 0.200. The topological polar surface area (TPSA) is 0 Å². The summed E-state index contributed by atoms with van der Waals surface area (Å²) in [5.74, 6) is 33.0. The third-order valence-corrected chi connectivity index (χ3v) is 1.25.